The number of nitrogens with two attached hydrogens (primary N) is 1. The molecular weight excluding hydrogens is 260 g/mol. The zero-order valence-electron chi connectivity index (χ0n) is 11.4. The standard InChI is InChI=1S/C11H18N8O/c1-8(2)19(5-6-20)11-15-9(17-12)14-10(16-11)18-4-3-13-7-18/h3-4,7-8,20H,5-6,12H2,1-2H3,(H,14,15,16,17). The molecule has 20 heavy (non-hydrogen) atoms. The van der Waals surface area contributed by atoms with Gasteiger partial charge in [0.05, 0.1) is 6.61 Å². The van der Waals surface area contributed by atoms with Gasteiger partial charge in [0.2, 0.25) is 17.8 Å². The largest absolute Gasteiger partial charge is 0.395 e. The summed E-state index contributed by atoms with van der Waals surface area (Å²) >= 11 is 0. The monoisotopic (exact) mass is 278 g/mol. The van der Waals surface area contributed by atoms with Crippen LogP contribution in [0, 0.1) is 0 Å². The average Bonchev–Trinajstić information content (AvgIpc) is 2.98. The summed E-state index contributed by atoms with van der Waals surface area (Å²) in [7, 11) is 0. The minimum absolute atomic E-state index is 0.00958. The zero-order valence-corrected chi connectivity index (χ0v) is 11.4. The van der Waals surface area contributed by atoms with E-state index in [1.165, 1.54) is 0 Å². The van der Waals surface area contributed by atoms with E-state index < -0.39 is 0 Å². The molecule has 0 amide bonds. The van der Waals surface area contributed by atoms with Crippen molar-refractivity contribution in [2.45, 2.75) is 19.9 Å². The molecule has 9 heteroatoms. The van der Waals surface area contributed by atoms with Crippen molar-refractivity contribution < 1.29 is 5.11 Å². The number of imidazole rings is 1. The van der Waals surface area contributed by atoms with Gasteiger partial charge in [0.15, 0.2) is 0 Å². The highest BCUT2D eigenvalue weighted by Crippen LogP contribution is 2.15. The van der Waals surface area contributed by atoms with Crippen LogP contribution in [0.15, 0.2) is 18.7 Å². The predicted octanol–water partition coefficient (Wildman–Crippen LogP) is -0.450. The van der Waals surface area contributed by atoms with Crippen molar-refractivity contribution >= 4 is 11.9 Å². The number of aliphatic hydroxyl groups excluding tert-OH is 1. The normalized spacial score (nSPS) is 10.8. The topological polar surface area (TPSA) is 118 Å². The van der Waals surface area contributed by atoms with Crippen LogP contribution < -0.4 is 16.2 Å². The number of nitrogens with one attached hydrogen (secondary N) is 1. The molecule has 0 bridgehead atoms. The Bertz CT molecular complexity index is 541. The number of nitrogen functional groups attached to an aromatic ring is 1. The van der Waals surface area contributed by atoms with Gasteiger partial charge in [0.25, 0.3) is 0 Å². The summed E-state index contributed by atoms with van der Waals surface area (Å²) in [5.41, 5.74) is 2.42. The lowest BCUT2D eigenvalue weighted by Gasteiger charge is -2.26. The number of rotatable bonds is 6. The van der Waals surface area contributed by atoms with Gasteiger partial charge in [0.1, 0.15) is 6.33 Å². The Labute approximate surface area is 116 Å². The lowest BCUT2D eigenvalue weighted by Crippen LogP contribution is -2.35. The summed E-state index contributed by atoms with van der Waals surface area (Å²) in [5, 5.41) is 9.16. The highest BCUT2D eigenvalue weighted by Gasteiger charge is 2.16. The highest BCUT2D eigenvalue weighted by atomic mass is 16.3. The Morgan fingerprint density at radius 3 is 2.75 bits per heavy atom. The Morgan fingerprint density at radius 1 is 1.40 bits per heavy atom. The molecule has 0 aliphatic heterocycles. The summed E-state index contributed by atoms with van der Waals surface area (Å²) in [6.45, 7) is 4.42. The quantitative estimate of drug-likeness (QED) is 0.480. The molecule has 0 unspecified atom stereocenters. The van der Waals surface area contributed by atoms with E-state index in [1.807, 2.05) is 18.7 Å². The van der Waals surface area contributed by atoms with Gasteiger partial charge in [-0.1, -0.05) is 0 Å². The molecule has 9 nitrogen and oxygen atoms in total. The van der Waals surface area contributed by atoms with Crippen molar-refractivity contribution in [3.63, 3.8) is 0 Å². The summed E-state index contributed by atoms with van der Waals surface area (Å²) < 4.78 is 1.66. The van der Waals surface area contributed by atoms with Crippen molar-refractivity contribution in [1.29, 1.82) is 0 Å². The van der Waals surface area contributed by atoms with Crippen LogP contribution in [0.3, 0.4) is 0 Å². The second-order valence-corrected chi connectivity index (χ2v) is 4.38. The number of anilines is 2. The van der Waals surface area contributed by atoms with Crippen LogP contribution in [-0.2, 0) is 0 Å². The molecule has 0 aliphatic carbocycles. The fraction of sp³-hybridized carbons (Fsp3) is 0.455. The third-order valence-corrected chi connectivity index (χ3v) is 2.70. The molecule has 2 rings (SSSR count). The van der Waals surface area contributed by atoms with Gasteiger partial charge in [-0.05, 0) is 13.8 Å². The Morgan fingerprint density at radius 2 is 2.20 bits per heavy atom. The van der Waals surface area contributed by atoms with Crippen molar-refractivity contribution in [1.82, 2.24) is 24.5 Å². The summed E-state index contributed by atoms with van der Waals surface area (Å²) in [5.74, 6) is 6.50. The third-order valence-electron chi connectivity index (χ3n) is 2.70. The minimum Gasteiger partial charge on any atom is -0.395 e. The summed E-state index contributed by atoms with van der Waals surface area (Å²) in [4.78, 5) is 18.6. The van der Waals surface area contributed by atoms with Crippen molar-refractivity contribution in [2.75, 3.05) is 23.5 Å². The molecule has 2 heterocycles. The smallest absolute Gasteiger partial charge is 0.243 e. The fourth-order valence-corrected chi connectivity index (χ4v) is 1.74. The van der Waals surface area contributed by atoms with Gasteiger partial charge in [-0.2, -0.15) is 15.0 Å². The number of hydrogen-bond acceptors (Lipinski definition) is 8. The molecule has 0 spiro atoms. The lowest BCUT2D eigenvalue weighted by molar-refractivity contribution is 0.298. The number of aromatic nitrogens is 5. The molecule has 0 radical (unpaired) electrons. The Balaban J connectivity index is 2.44. The maximum Gasteiger partial charge on any atom is 0.243 e. The summed E-state index contributed by atoms with van der Waals surface area (Å²) in [6, 6.07) is 0.130. The lowest BCUT2D eigenvalue weighted by atomic mass is 10.3. The van der Waals surface area contributed by atoms with E-state index in [1.54, 1.807) is 23.3 Å². The van der Waals surface area contributed by atoms with Gasteiger partial charge in [-0.15, -0.1) is 0 Å². The first-order chi connectivity index (χ1) is 9.65. The van der Waals surface area contributed by atoms with Crippen LogP contribution in [0.5, 0.6) is 0 Å². The third kappa shape index (κ3) is 3.00. The van der Waals surface area contributed by atoms with Crippen LogP contribution in [0.25, 0.3) is 5.95 Å². The van der Waals surface area contributed by atoms with E-state index in [-0.39, 0.29) is 18.6 Å². The maximum atomic E-state index is 9.16. The van der Waals surface area contributed by atoms with Gasteiger partial charge < -0.3 is 10.0 Å². The number of aliphatic hydroxyl groups is 1. The van der Waals surface area contributed by atoms with E-state index in [0.29, 0.717) is 18.4 Å². The Hall–Kier alpha value is -2.26. The van der Waals surface area contributed by atoms with Crippen LogP contribution in [-0.4, -0.2) is 48.8 Å². The molecule has 2 aromatic heterocycles. The molecule has 0 saturated carbocycles. The second-order valence-electron chi connectivity index (χ2n) is 4.38. The van der Waals surface area contributed by atoms with E-state index in [0.717, 1.165) is 0 Å². The van der Waals surface area contributed by atoms with E-state index in [2.05, 4.69) is 25.4 Å². The van der Waals surface area contributed by atoms with Gasteiger partial charge in [-0.3, -0.25) is 9.99 Å². The number of nitrogens with zero attached hydrogens (tertiary/aromatic N) is 6. The Kier molecular flexibility index (Phi) is 4.43. The first kappa shape index (κ1) is 14.2. The minimum atomic E-state index is 0.00958. The molecule has 0 fully saturated rings. The molecule has 0 saturated heterocycles. The molecule has 0 aliphatic rings. The maximum absolute atomic E-state index is 9.16. The molecule has 2 aromatic rings. The van der Waals surface area contributed by atoms with Crippen molar-refractivity contribution in [3.05, 3.63) is 18.7 Å². The molecule has 108 valence electrons. The van der Waals surface area contributed by atoms with Crippen LogP contribution in [0.4, 0.5) is 11.9 Å². The van der Waals surface area contributed by atoms with Crippen molar-refractivity contribution in [3.8, 4) is 5.95 Å². The van der Waals surface area contributed by atoms with Crippen LogP contribution in [0.2, 0.25) is 0 Å². The van der Waals surface area contributed by atoms with E-state index in [9.17, 15) is 0 Å². The molecule has 0 aromatic carbocycles. The fourth-order valence-electron chi connectivity index (χ4n) is 1.74. The predicted molar refractivity (Wildman–Crippen MR) is 74.3 cm³/mol. The van der Waals surface area contributed by atoms with Crippen molar-refractivity contribution in [2.24, 2.45) is 5.84 Å². The summed E-state index contributed by atoms with van der Waals surface area (Å²) in [6.07, 6.45) is 4.95. The molecule has 0 atom stereocenters. The first-order valence-electron chi connectivity index (χ1n) is 6.24. The SMILES string of the molecule is CC(C)N(CCO)c1nc(NN)nc(-n2ccnc2)n1. The number of hydrogen-bond donors (Lipinski definition) is 3. The van der Waals surface area contributed by atoms with Crippen LogP contribution >= 0.6 is 0 Å². The highest BCUT2D eigenvalue weighted by molar-refractivity contribution is 5.40. The van der Waals surface area contributed by atoms with Crippen LogP contribution in [0.1, 0.15) is 13.8 Å². The van der Waals surface area contributed by atoms with Gasteiger partial charge in [-0.25, -0.2) is 10.8 Å². The van der Waals surface area contributed by atoms with E-state index in [4.69, 9.17) is 10.9 Å². The second kappa shape index (κ2) is 6.26. The molecular formula is C11H18N8O. The average molecular weight is 278 g/mol. The van der Waals surface area contributed by atoms with Gasteiger partial charge in [0, 0.05) is 25.0 Å². The number of hydrazine groups is 1. The van der Waals surface area contributed by atoms with E-state index >= 15 is 0 Å². The first-order valence-corrected chi connectivity index (χ1v) is 6.24. The zero-order chi connectivity index (χ0) is 14.5. The molecule has 4 N–H and O–H groups in total. The van der Waals surface area contributed by atoms with Gasteiger partial charge >= 0.3 is 0 Å².